The molecule has 3 rings (SSSR count). The number of halogens is 2. The van der Waals surface area contributed by atoms with Crippen LogP contribution in [0.5, 0.6) is 17.4 Å². The molecule has 146 valence electrons. The molecule has 1 atom stereocenters. The number of nitrogens with zero attached hydrogens (tertiary/aromatic N) is 3. The fraction of sp³-hybridized carbons (Fsp3) is 0.176. The monoisotopic (exact) mass is 425 g/mol. The van der Waals surface area contributed by atoms with Crippen LogP contribution in [-0.4, -0.2) is 32.0 Å². The van der Waals surface area contributed by atoms with E-state index in [1.807, 2.05) is 0 Å². The summed E-state index contributed by atoms with van der Waals surface area (Å²) in [6.07, 6.45) is 0.723. The first-order valence-electron chi connectivity index (χ1n) is 7.84. The topological polar surface area (TPSA) is 108 Å². The first kappa shape index (κ1) is 19.9. The molecule has 0 unspecified atom stereocenters. The van der Waals surface area contributed by atoms with Crippen molar-refractivity contribution in [2.45, 2.75) is 18.3 Å². The van der Waals surface area contributed by atoms with Crippen LogP contribution in [0.1, 0.15) is 18.9 Å². The summed E-state index contributed by atoms with van der Waals surface area (Å²) in [7, 11) is 0. The molecule has 0 aliphatic heterocycles. The van der Waals surface area contributed by atoms with Gasteiger partial charge in [-0.05, 0) is 37.3 Å². The summed E-state index contributed by atoms with van der Waals surface area (Å²) < 4.78 is 30.1. The lowest BCUT2D eigenvalue weighted by Crippen LogP contribution is -2.03. The van der Waals surface area contributed by atoms with Gasteiger partial charge in [-0.2, -0.15) is 0 Å². The molecule has 8 nitrogen and oxygen atoms in total. The maximum absolute atomic E-state index is 13.7. The molecular weight excluding hydrogens is 413 g/mol. The molecule has 0 amide bonds. The minimum atomic E-state index is -0.981. The van der Waals surface area contributed by atoms with E-state index >= 15 is 0 Å². The van der Waals surface area contributed by atoms with Gasteiger partial charge in [-0.3, -0.25) is 4.79 Å². The van der Waals surface area contributed by atoms with Crippen LogP contribution in [0, 0.1) is 5.82 Å². The Morgan fingerprint density at radius 3 is 2.71 bits per heavy atom. The average Bonchev–Trinajstić information content (AvgIpc) is 3.13. The summed E-state index contributed by atoms with van der Waals surface area (Å²) in [4.78, 5) is 14.3. The third kappa shape index (κ3) is 5.33. The number of aliphatic carboxylic acids is 1. The number of hydrogen-bond acceptors (Lipinski definition) is 8. The van der Waals surface area contributed by atoms with Crippen molar-refractivity contribution in [3.8, 4) is 17.4 Å². The molecule has 3 aromatic rings. The average molecular weight is 426 g/mol. The van der Waals surface area contributed by atoms with Gasteiger partial charge in [-0.25, -0.2) is 9.37 Å². The van der Waals surface area contributed by atoms with Crippen molar-refractivity contribution in [3.63, 3.8) is 0 Å². The number of benzene rings is 1. The van der Waals surface area contributed by atoms with Gasteiger partial charge in [-0.1, -0.05) is 23.4 Å². The zero-order valence-electron chi connectivity index (χ0n) is 14.3. The zero-order valence-corrected chi connectivity index (χ0v) is 15.9. The minimum Gasteiger partial charge on any atom is -0.481 e. The minimum absolute atomic E-state index is 0.147. The zero-order chi connectivity index (χ0) is 20.1. The molecule has 0 bridgehead atoms. The lowest BCUT2D eigenvalue weighted by molar-refractivity contribution is -0.133. The number of carbonyl (C=O) groups is 1. The van der Waals surface area contributed by atoms with Gasteiger partial charge in [0.25, 0.3) is 17.0 Å². The molecule has 11 heteroatoms. The summed E-state index contributed by atoms with van der Waals surface area (Å²) in [6.45, 7) is 1.70. The second-order valence-electron chi connectivity index (χ2n) is 5.36. The number of thioether (sulfide) groups is 1. The summed E-state index contributed by atoms with van der Waals surface area (Å²) in [5.74, 6) is -0.966. The molecule has 1 N–H and O–H groups in total. The Hall–Kier alpha value is -2.85. The maximum Gasteiger partial charge on any atom is 0.314 e. The molecule has 0 radical (unpaired) electrons. The Bertz CT molecular complexity index is 970. The van der Waals surface area contributed by atoms with Crippen molar-refractivity contribution in [1.82, 2.24) is 15.2 Å². The number of rotatable bonds is 8. The van der Waals surface area contributed by atoms with Crippen LogP contribution >= 0.6 is 23.4 Å². The highest BCUT2D eigenvalue weighted by Crippen LogP contribution is 2.28. The molecule has 0 spiro atoms. The van der Waals surface area contributed by atoms with E-state index in [1.165, 1.54) is 6.20 Å². The predicted octanol–water partition coefficient (Wildman–Crippen LogP) is 4.37. The van der Waals surface area contributed by atoms with Crippen LogP contribution < -0.4 is 9.47 Å². The molecule has 0 fully saturated rings. The Morgan fingerprint density at radius 2 is 2.04 bits per heavy atom. The number of ether oxygens (including phenoxy) is 2. The van der Waals surface area contributed by atoms with E-state index in [4.69, 9.17) is 30.6 Å². The predicted molar refractivity (Wildman–Crippen MR) is 97.4 cm³/mol. The number of carboxylic acid groups (broad SMARTS) is 1. The van der Waals surface area contributed by atoms with E-state index in [2.05, 4.69) is 15.2 Å². The van der Waals surface area contributed by atoms with Gasteiger partial charge in [0, 0.05) is 6.20 Å². The Morgan fingerprint density at radius 1 is 1.32 bits per heavy atom. The fourth-order valence-electron chi connectivity index (χ4n) is 2.00. The Labute approximate surface area is 167 Å². The van der Waals surface area contributed by atoms with E-state index in [9.17, 15) is 9.18 Å². The first-order valence-corrected chi connectivity index (χ1v) is 9.20. The molecule has 0 aliphatic carbocycles. The molecule has 2 heterocycles. The van der Waals surface area contributed by atoms with Gasteiger partial charge < -0.3 is 19.0 Å². The van der Waals surface area contributed by atoms with Gasteiger partial charge in [0.1, 0.15) is 17.3 Å². The van der Waals surface area contributed by atoms with Crippen LogP contribution in [0.15, 0.2) is 46.2 Å². The van der Waals surface area contributed by atoms with E-state index < -0.39 is 17.9 Å². The third-order valence-corrected chi connectivity index (χ3v) is 4.22. The Kier molecular flexibility index (Phi) is 6.32. The fourth-order valence-corrected chi connectivity index (χ4v) is 2.63. The molecule has 28 heavy (non-hydrogen) atoms. The van der Waals surface area contributed by atoms with Crippen LogP contribution in [0.3, 0.4) is 0 Å². The van der Waals surface area contributed by atoms with E-state index in [-0.39, 0.29) is 27.8 Å². The maximum atomic E-state index is 13.7. The lowest BCUT2D eigenvalue weighted by Gasteiger charge is -2.11. The molecule has 0 aliphatic rings. The largest absolute Gasteiger partial charge is 0.481 e. The molecule has 0 saturated carbocycles. The van der Waals surface area contributed by atoms with Crippen LogP contribution in [0.2, 0.25) is 5.02 Å². The summed E-state index contributed by atoms with van der Waals surface area (Å²) >= 11 is 6.57. The van der Waals surface area contributed by atoms with E-state index in [0.29, 0.717) is 11.5 Å². The lowest BCUT2D eigenvalue weighted by atomic mass is 10.3. The number of pyridine rings is 1. The number of hydrogen-bond donors (Lipinski definition) is 1. The number of carboxylic acids is 1. The number of aromatic nitrogens is 3. The van der Waals surface area contributed by atoms with Crippen LogP contribution in [-0.2, 0) is 4.79 Å². The summed E-state index contributed by atoms with van der Waals surface area (Å²) in [5.41, 5.74) is 0. The van der Waals surface area contributed by atoms with Gasteiger partial charge in [0.2, 0.25) is 0 Å². The molecule has 0 saturated heterocycles. The summed E-state index contributed by atoms with van der Waals surface area (Å²) in [6, 6.07) is 7.52. The van der Waals surface area contributed by atoms with Gasteiger partial charge in [0.05, 0.1) is 5.02 Å². The van der Waals surface area contributed by atoms with Crippen molar-refractivity contribution in [2.24, 2.45) is 0 Å². The van der Waals surface area contributed by atoms with Gasteiger partial charge in [0.15, 0.2) is 11.9 Å². The smallest absolute Gasteiger partial charge is 0.314 e. The highest BCUT2D eigenvalue weighted by molar-refractivity contribution is 7.99. The van der Waals surface area contributed by atoms with Crippen molar-refractivity contribution < 1.29 is 28.2 Å². The quantitative estimate of drug-likeness (QED) is 0.526. The van der Waals surface area contributed by atoms with Crippen LogP contribution in [0.4, 0.5) is 4.39 Å². The highest BCUT2D eigenvalue weighted by Gasteiger charge is 2.17. The van der Waals surface area contributed by atoms with E-state index in [0.717, 1.165) is 17.8 Å². The standard InChI is InChI=1S/C17H13ClFN3O5S/c1-9(15-21-22-17(27-15)28-8-14(23)24)25-11-2-4-12(5-3-11)26-16-13(19)6-10(18)7-20-16/h2-7,9H,8H2,1H3,(H,23,24)/t9-/m1/s1. The second kappa shape index (κ2) is 8.89. The van der Waals surface area contributed by atoms with Crippen molar-refractivity contribution in [1.29, 1.82) is 0 Å². The van der Waals surface area contributed by atoms with Gasteiger partial charge in [-0.15, -0.1) is 10.2 Å². The van der Waals surface area contributed by atoms with Crippen molar-refractivity contribution in [2.75, 3.05) is 5.75 Å². The van der Waals surface area contributed by atoms with Gasteiger partial charge >= 0.3 is 5.97 Å². The first-order chi connectivity index (χ1) is 13.4. The van der Waals surface area contributed by atoms with E-state index in [1.54, 1.807) is 31.2 Å². The molecular formula is C17H13ClFN3O5S. The SMILES string of the molecule is C[C@@H](Oc1ccc(Oc2ncc(Cl)cc2F)cc1)c1nnc(SCC(=O)O)o1. The third-order valence-electron chi connectivity index (χ3n) is 3.21. The second-order valence-corrected chi connectivity index (χ2v) is 6.73. The highest BCUT2D eigenvalue weighted by atomic mass is 35.5. The van der Waals surface area contributed by atoms with Crippen molar-refractivity contribution >= 4 is 29.3 Å². The van der Waals surface area contributed by atoms with Crippen LogP contribution in [0.25, 0.3) is 0 Å². The van der Waals surface area contributed by atoms with Crippen molar-refractivity contribution in [3.05, 3.63) is 53.3 Å². The normalized spacial score (nSPS) is 11.8. The summed E-state index contributed by atoms with van der Waals surface area (Å²) in [5, 5.41) is 16.6. The molecule has 1 aromatic carbocycles. The molecule has 2 aromatic heterocycles. The Balaban J connectivity index is 1.60.